The van der Waals surface area contributed by atoms with Crippen LogP contribution in [0.5, 0.6) is 0 Å². The molecule has 0 saturated heterocycles. The number of Topliss-reactive ketones (excluding diaryl/α,β-unsaturated/α-hetero) is 1. The summed E-state index contributed by atoms with van der Waals surface area (Å²) in [6.45, 7) is 4.55. The summed E-state index contributed by atoms with van der Waals surface area (Å²) in [6.07, 6.45) is 36.5. The van der Waals surface area contributed by atoms with Gasteiger partial charge in [0.1, 0.15) is 5.78 Å². The number of rotatable bonds is 31. The van der Waals surface area contributed by atoms with Crippen molar-refractivity contribution in [2.75, 3.05) is 0 Å². The summed E-state index contributed by atoms with van der Waals surface area (Å²) in [7, 11) is 0. The minimum absolute atomic E-state index is 0.0882. The van der Waals surface area contributed by atoms with Crippen molar-refractivity contribution in [1.82, 2.24) is 0 Å². The highest BCUT2D eigenvalue weighted by molar-refractivity contribution is 6.00. The average Bonchev–Trinajstić information content (AvgIpc) is 2.88. The number of hydrogen-bond donors (Lipinski definition) is 1. The molecule has 2 N–H and O–H groups in total. The predicted molar refractivity (Wildman–Crippen MR) is 163 cm³/mol. The van der Waals surface area contributed by atoms with E-state index < -0.39 is 11.8 Å². The summed E-state index contributed by atoms with van der Waals surface area (Å²) in [5, 5.41) is 0. The van der Waals surface area contributed by atoms with Crippen LogP contribution in [-0.4, -0.2) is 11.7 Å². The highest BCUT2D eigenvalue weighted by Gasteiger charge is 2.22. The molecule has 0 aromatic carbocycles. The van der Waals surface area contributed by atoms with E-state index in [0.717, 1.165) is 25.7 Å². The first-order chi connectivity index (χ1) is 18.1. The topological polar surface area (TPSA) is 60.2 Å². The number of carbonyl (C=O) groups is 2. The standard InChI is InChI=1S/C34H67NO2/c1-3-5-7-9-11-13-15-17-19-20-22-24-26-28-30-32(34(35)37)33(36)31-29-27-25-23-21-18-16-14-12-10-8-6-4-2/h32H,3-31H2,1-2H3,(H2,35,37). The number of primary amides is 1. The molecule has 0 saturated carbocycles. The first-order valence-electron chi connectivity index (χ1n) is 17.0. The first kappa shape index (κ1) is 36.1. The SMILES string of the molecule is CCCCCCCCCCCCCCCCC(C(N)=O)C(=O)CCCCCCCCCCCCCCC. The van der Waals surface area contributed by atoms with Crippen LogP contribution in [0.3, 0.4) is 0 Å². The zero-order valence-electron chi connectivity index (χ0n) is 25.5. The van der Waals surface area contributed by atoms with Crippen LogP contribution in [-0.2, 0) is 9.59 Å². The van der Waals surface area contributed by atoms with Gasteiger partial charge in [-0.25, -0.2) is 0 Å². The van der Waals surface area contributed by atoms with E-state index in [0.29, 0.717) is 12.8 Å². The summed E-state index contributed by atoms with van der Waals surface area (Å²) in [5.74, 6) is -0.866. The van der Waals surface area contributed by atoms with Gasteiger partial charge in [-0.05, 0) is 12.8 Å². The zero-order valence-corrected chi connectivity index (χ0v) is 25.5. The van der Waals surface area contributed by atoms with E-state index in [2.05, 4.69) is 13.8 Å². The maximum Gasteiger partial charge on any atom is 0.227 e. The van der Waals surface area contributed by atoms with Crippen molar-refractivity contribution >= 4 is 11.7 Å². The van der Waals surface area contributed by atoms with Gasteiger partial charge >= 0.3 is 0 Å². The van der Waals surface area contributed by atoms with E-state index in [1.807, 2.05) is 0 Å². The Hall–Kier alpha value is -0.860. The van der Waals surface area contributed by atoms with E-state index in [4.69, 9.17) is 5.73 Å². The molecule has 1 atom stereocenters. The number of hydrogen-bond acceptors (Lipinski definition) is 2. The van der Waals surface area contributed by atoms with Gasteiger partial charge in [-0.3, -0.25) is 9.59 Å². The van der Waals surface area contributed by atoms with Gasteiger partial charge in [0.2, 0.25) is 5.91 Å². The van der Waals surface area contributed by atoms with Crippen LogP contribution in [0.2, 0.25) is 0 Å². The van der Waals surface area contributed by atoms with Crippen molar-refractivity contribution in [2.24, 2.45) is 11.7 Å². The Morgan fingerprint density at radius 1 is 0.432 bits per heavy atom. The molecular formula is C34H67NO2. The second-order valence-corrected chi connectivity index (χ2v) is 11.8. The number of unbranched alkanes of at least 4 members (excludes halogenated alkanes) is 25. The molecule has 0 aromatic rings. The van der Waals surface area contributed by atoms with Gasteiger partial charge in [-0.1, -0.05) is 181 Å². The predicted octanol–water partition coefficient (Wildman–Crippen LogP) is 11.0. The number of nitrogens with two attached hydrogens (primary N) is 1. The van der Waals surface area contributed by atoms with Crippen molar-refractivity contribution in [3.8, 4) is 0 Å². The van der Waals surface area contributed by atoms with Crippen LogP contribution in [0.25, 0.3) is 0 Å². The van der Waals surface area contributed by atoms with Crippen molar-refractivity contribution in [3.05, 3.63) is 0 Å². The van der Waals surface area contributed by atoms with Gasteiger partial charge in [-0.15, -0.1) is 0 Å². The first-order valence-corrected chi connectivity index (χ1v) is 17.0. The Kier molecular flexibility index (Phi) is 29.0. The second kappa shape index (κ2) is 29.7. The molecule has 0 rings (SSSR count). The summed E-state index contributed by atoms with van der Waals surface area (Å²) >= 11 is 0. The van der Waals surface area contributed by atoms with Crippen LogP contribution in [0.15, 0.2) is 0 Å². The highest BCUT2D eigenvalue weighted by Crippen LogP contribution is 2.18. The number of ketones is 1. The third kappa shape index (κ3) is 26.5. The van der Waals surface area contributed by atoms with Crippen molar-refractivity contribution in [1.29, 1.82) is 0 Å². The Morgan fingerprint density at radius 3 is 1.00 bits per heavy atom. The van der Waals surface area contributed by atoms with Crippen LogP contribution in [0.1, 0.15) is 200 Å². The highest BCUT2D eigenvalue weighted by atomic mass is 16.2. The molecule has 0 spiro atoms. The molecule has 0 aliphatic carbocycles. The fourth-order valence-electron chi connectivity index (χ4n) is 5.50. The molecular weight excluding hydrogens is 454 g/mol. The maximum absolute atomic E-state index is 12.6. The van der Waals surface area contributed by atoms with Crippen LogP contribution < -0.4 is 5.73 Å². The van der Waals surface area contributed by atoms with Gasteiger partial charge in [-0.2, -0.15) is 0 Å². The van der Waals surface area contributed by atoms with E-state index in [1.165, 1.54) is 148 Å². The number of amides is 1. The van der Waals surface area contributed by atoms with Gasteiger partial charge in [0, 0.05) is 6.42 Å². The normalized spacial score (nSPS) is 12.2. The molecule has 0 fully saturated rings. The minimum atomic E-state index is -0.547. The Bertz CT molecular complexity index is 490. The molecule has 0 aromatic heterocycles. The lowest BCUT2D eigenvalue weighted by Gasteiger charge is -2.12. The molecule has 0 heterocycles. The largest absolute Gasteiger partial charge is 0.369 e. The fraction of sp³-hybridized carbons (Fsp3) is 0.941. The molecule has 1 amide bonds. The second-order valence-electron chi connectivity index (χ2n) is 11.8. The zero-order chi connectivity index (χ0) is 27.2. The maximum atomic E-state index is 12.6. The van der Waals surface area contributed by atoms with E-state index >= 15 is 0 Å². The minimum Gasteiger partial charge on any atom is -0.369 e. The molecule has 3 heteroatoms. The molecule has 0 aliphatic rings. The van der Waals surface area contributed by atoms with Crippen molar-refractivity contribution < 1.29 is 9.59 Å². The number of carbonyl (C=O) groups excluding carboxylic acids is 2. The molecule has 1 unspecified atom stereocenters. The third-order valence-electron chi connectivity index (χ3n) is 8.11. The summed E-state index contributed by atoms with van der Waals surface area (Å²) < 4.78 is 0. The van der Waals surface area contributed by atoms with Gasteiger partial charge in [0.25, 0.3) is 0 Å². The van der Waals surface area contributed by atoms with Gasteiger partial charge < -0.3 is 5.73 Å². The van der Waals surface area contributed by atoms with Crippen LogP contribution >= 0.6 is 0 Å². The summed E-state index contributed by atoms with van der Waals surface area (Å²) in [4.78, 5) is 24.4. The van der Waals surface area contributed by atoms with Gasteiger partial charge in [0.15, 0.2) is 0 Å². The summed E-state index contributed by atoms with van der Waals surface area (Å²) in [5.41, 5.74) is 5.58. The Labute approximate surface area is 232 Å². The van der Waals surface area contributed by atoms with Crippen molar-refractivity contribution in [3.63, 3.8) is 0 Å². The van der Waals surface area contributed by atoms with Gasteiger partial charge in [0.05, 0.1) is 5.92 Å². The molecule has 0 aliphatic heterocycles. The van der Waals surface area contributed by atoms with E-state index in [1.54, 1.807) is 0 Å². The molecule has 37 heavy (non-hydrogen) atoms. The molecule has 3 nitrogen and oxygen atoms in total. The molecule has 0 bridgehead atoms. The molecule has 220 valence electrons. The van der Waals surface area contributed by atoms with E-state index in [9.17, 15) is 9.59 Å². The lowest BCUT2D eigenvalue weighted by atomic mass is 9.92. The smallest absolute Gasteiger partial charge is 0.227 e. The summed E-state index contributed by atoms with van der Waals surface area (Å²) in [6, 6.07) is 0. The van der Waals surface area contributed by atoms with E-state index in [-0.39, 0.29) is 5.78 Å². The van der Waals surface area contributed by atoms with Crippen LogP contribution in [0.4, 0.5) is 0 Å². The third-order valence-corrected chi connectivity index (χ3v) is 8.11. The lowest BCUT2D eigenvalue weighted by molar-refractivity contribution is -0.132. The quantitative estimate of drug-likeness (QED) is 0.0728. The Balaban J connectivity index is 3.55. The lowest BCUT2D eigenvalue weighted by Crippen LogP contribution is -2.30. The fourth-order valence-corrected chi connectivity index (χ4v) is 5.50. The molecule has 0 radical (unpaired) electrons. The van der Waals surface area contributed by atoms with Crippen molar-refractivity contribution in [2.45, 2.75) is 200 Å². The average molecular weight is 522 g/mol. The van der Waals surface area contributed by atoms with Crippen LogP contribution in [0, 0.1) is 5.92 Å². The monoisotopic (exact) mass is 522 g/mol. The Morgan fingerprint density at radius 2 is 0.703 bits per heavy atom.